The van der Waals surface area contributed by atoms with Crippen LogP contribution in [0, 0.1) is 5.92 Å². The second-order valence-corrected chi connectivity index (χ2v) is 12.9. The first-order chi connectivity index (χ1) is 10.3. The second-order valence-electron chi connectivity index (χ2n) is 8.10. The fourth-order valence-electron chi connectivity index (χ4n) is 2.72. The Bertz CT molecular complexity index is 450. The van der Waals surface area contributed by atoms with Crippen molar-refractivity contribution in [2.75, 3.05) is 6.61 Å². The van der Waals surface area contributed by atoms with E-state index in [-0.39, 0.29) is 5.04 Å². The zero-order chi connectivity index (χ0) is 16.2. The van der Waals surface area contributed by atoms with Gasteiger partial charge in [-0.15, -0.1) is 0 Å². The molecule has 0 spiro atoms. The van der Waals surface area contributed by atoms with Gasteiger partial charge in [0.05, 0.1) is 12.7 Å². The van der Waals surface area contributed by atoms with E-state index in [1.165, 1.54) is 24.8 Å². The molecule has 1 aromatic carbocycles. The van der Waals surface area contributed by atoms with E-state index < -0.39 is 8.32 Å². The molecular weight excluding hydrogens is 288 g/mol. The van der Waals surface area contributed by atoms with Crippen LogP contribution in [0.25, 0.3) is 0 Å². The summed E-state index contributed by atoms with van der Waals surface area (Å²) in [5, 5.41) is 0.284. The van der Waals surface area contributed by atoms with Gasteiger partial charge in [-0.1, -0.05) is 57.5 Å². The minimum Gasteiger partial charge on any atom is -0.416 e. The highest BCUT2D eigenvalue weighted by atomic mass is 28.4. The molecule has 0 aliphatic heterocycles. The van der Waals surface area contributed by atoms with Gasteiger partial charge in [0.15, 0.2) is 8.32 Å². The Balaban J connectivity index is 1.83. The lowest BCUT2D eigenvalue weighted by Gasteiger charge is -2.37. The molecular formula is C19H32O2Si. The van der Waals surface area contributed by atoms with Gasteiger partial charge in [-0.2, -0.15) is 0 Å². The van der Waals surface area contributed by atoms with Crippen LogP contribution in [-0.2, 0) is 15.8 Å². The molecule has 0 unspecified atom stereocenters. The van der Waals surface area contributed by atoms with Gasteiger partial charge in [-0.05, 0) is 36.5 Å². The van der Waals surface area contributed by atoms with Crippen molar-refractivity contribution in [1.29, 1.82) is 0 Å². The summed E-state index contributed by atoms with van der Waals surface area (Å²) >= 11 is 0. The van der Waals surface area contributed by atoms with Crippen LogP contribution in [0.5, 0.6) is 0 Å². The van der Waals surface area contributed by atoms with Gasteiger partial charge < -0.3 is 9.16 Å². The Kier molecular flexibility index (Phi) is 5.86. The molecule has 124 valence electrons. The molecule has 1 aliphatic carbocycles. The van der Waals surface area contributed by atoms with Crippen molar-refractivity contribution in [2.24, 2.45) is 5.92 Å². The van der Waals surface area contributed by atoms with E-state index in [0.29, 0.717) is 12.0 Å². The lowest BCUT2D eigenvalue weighted by atomic mass is 10.1. The SMILES string of the molecule is CC(C)(C)[Si](C)(C)OC[C@@H]1CCC[C@H]1OCc1ccccc1. The number of ether oxygens (including phenoxy) is 1. The number of hydrogen-bond acceptors (Lipinski definition) is 2. The Hall–Kier alpha value is -0.643. The van der Waals surface area contributed by atoms with Crippen molar-refractivity contribution < 1.29 is 9.16 Å². The Labute approximate surface area is 137 Å². The maximum atomic E-state index is 6.42. The maximum Gasteiger partial charge on any atom is 0.191 e. The molecule has 0 aromatic heterocycles. The third kappa shape index (κ3) is 4.67. The molecule has 2 atom stereocenters. The number of benzene rings is 1. The minimum absolute atomic E-state index is 0.284. The summed E-state index contributed by atoms with van der Waals surface area (Å²) in [6, 6.07) is 10.5. The molecule has 0 heterocycles. The smallest absolute Gasteiger partial charge is 0.191 e. The summed E-state index contributed by atoms with van der Waals surface area (Å²) in [5.74, 6) is 0.567. The Morgan fingerprint density at radius 2 is 1.77 bits per heavy atom. The highest BCUT2D eigenvalue weighted by Crippen LogP contribution is 2.38. The average molecular weight is 321 g/mol. The van der Waals surface area contributed by atoms with Crippen molar-refractivity contribution >= 4 is 8.32 Å². The predicted octanol–water partition coefficient (Wildman–Crippen LogP) is 5.39. The topological polar surface area (TPSA) is 18.5 Å². The highest BCUT2D eigenvalue weighted by Gasteiger charge is 2.39. The van der Waals surface area contributed by atoms with E-state index in [4.69, 9.17) is 9.16 Å². The summed E-state index contributed by atoms with van der Waals surface area (Å²) < 4.78 is 12.6. The molecule has 1 fully saturated rings. The van der Waals surface area contributed by atoms with Crippen LogP contribution in [0.4, 0.5) is 0 Å². The first kappa shape index (κ1) is 17.7. The summed E-state index contributed by atoms with van der Waals surface area (Å²) in [7, 11) is -1.64. The van der Waals surface area contributed by atoms with Crippen LogP contribution in [-0.4, -0.2) is 21.0 Å². The van der Waals surface area contributed by atoms with Gasteiger partial charge in [0.25, 0.3) is 0 Å². The molecule has 22 heavy (non-hydrogen) atoms. The van der Waals surface area contributed by atoms with Crippen LogP contribution in [0.2, 0.25) is 18.1 Å². The molecule has 2 nitrogen and oxygen atoms in total. The molecule has 1 aliphatic rings. The monoisotopic (exact) mass is 320 g/mol. The van der Waals surface area contributed by atoms with E-state index in [2.05, 4.69) is 64.2 Å². The van der Waals surface area contributed by atoms with Crippen molar-refractivity contribution in [3.8, 4) is 0 Å². The quantitative estimate of drug-likeness (QED) is 0.654. The lowest BCUT2D eigenvalue weighted by Crippen LogP contribution is -2.42. The molecule has 0 N–H and O–H groups in total. The van der Waals surface area contributed by atoms with Crippen molar-refractivity contribution in [3.63, 3.8) is 0 Å². The minimum atomic E-state index is -1.64. The average Bonchev–Trinajstić information content (AvgIpc) is 2.90. The fourth-order valence-corrected chi connectivity index (χ4v) is 3.79. The first-order valence-corrected chi connectivity index (χ1v) is 11.5. The zero-order valence-electron chi connectivity index (χ0n) is 14.9. The van der Waals surface area contributed by atoms with Crippen LogP contribution < -0.4 is 0 Å². The van der Waals surface area contributed by atoms with E-state index >= 15 is 0 Å². The molecule has 0 saturated heterocycles. The summed E-state index contributed by atoms with van der Waals surface area (Å²) in [6.07, 6.45) is 4.06. The van der Waals surface area contributed by atoms with Crippen molar-refractivity contribution in [2.45, 2.75) is 70.9 Å². The third-order valence-corrected chi connectivity index (χ3v) is 9.86. The Morgan fingerprint density at radius 1 is 1.09 bits per heavy atom. The zero-order valence-corrected chi connectivity index (χ0v) is 15.9. The van der Waals surface area contributed by atoms with Gasteiger partial charge in [-0.25, -0.2) is 0 Å². The first-order valence-electron chi connectivity index (χ1n) is 8.59. The number of hydrogen-bond donors (Lipinski definition) is 0. The van der Waals surface area contributed by atoms with Gasteiger partial charge in [-0.3, -0.25) is 0 Å². The second kappa shape index (κ2) is 7.29. The predicted molar refractivity (Wildman–Crippen MR) is 95.5 cm³/mol. The molecule has 2 rings (SSSR count). The standard InChI is InChI=1S/C19H32O2Si/c1-19(2,3)22(4,5)21-15-17-12-9-13-18(17)20-14-16-10-7-6-8-11-16/h6-8,10-11,17-18H,9,12-15H2,1-5H3/t17-,18+/m0/s1. The summed E-state index contributed by atoms with van der Waals surface area (Å²) in [5.41, 5.74) is 1.26. The van der Waals surface area contributed by atoms with Crippen molar-refractivity contribution in [1.82, 2.24) is 0 Å². The van der Waals surface area contributed by atoms with Gasteiger partial charge >= 0.3 is 0 Å². The molecule has 1 aromatic rings. The van der Waals surface area contributed by atoms with Crippen molar-refractivity contribution in [3.05, 3.63) is 35.9 Å². The van der Waals surface area contributed by atoms with Crippen LogP contribution >= 0.6 is 0 Å². The Morgan fingerprint density at radius 3 is 2.41 bits per heavy atom. The largest absolute Gasteiger partial charge is 0.416 e. The van der Waals surface area contributed by atoms with Crippen LogP contribution in [0.1, 0.15) is 45.6 Å². The van der Waals surface area contributed by atoms with E-state index in [0.717, 1.165) is 13.2 Å². The summed E-state index contributed by atoms with van der Waals surface area (Å²) in [6.45, 7) is 13.2. The molecule has 1 saturated carbocycles. The fraction of sp³-hybridized carbons (Fsp3) is 0.684. The van der Waals surface area contributed by atoms with E-state index in [1.807, 2.05) is 0 Å². The molecule has 3 heteroatoms. The molecule has 0 amide bonds. The van der Waals surface area contributed by atoms with Gasteiger partial charge in [0.1, 0.15) is 0 Å². The van der Waals surface area contributed by atoms with Crippen LogP contribution in [0.15, 0.2) is 30.3 Å². The lowest BCUT2D eigenvalue weighted by molar-refractivity contribution is 0.00173. The van der Waals surface area contributed by atoms with Gasteiger partial charge in [0.2, 0.25) is 0 Å². The molecule has 0 bridgehead atoms. The number of rotatable bonds is 6. The summed E-state index contributed by atoms with van der Waals surface area (Å²) in [4.78, 5) is 0. The molecule has 0 radical (unpaired) electrons. The van der Waals surface area contributed by atoms with E-state index in [1.54, 1.807) is 0 Å². The van der Waals surface area contributed by atoms with Crippen LogP contribution in [0.3, 0.4) is 0 Å². The maximum absolute atomic E-state index is 6.42. The van der Waals surface area contributed by atoms with E-state index in [9.17, 15) is 0 Å². The highest BCUT2D eigenvalue weighted by molar-refractivity contribution is 6.74. The van der Waals surface area contributed by atoms with Gasteiger partial charge in [0, 0.05) is 12.5 Å². The third-order valence-electron chi connectivity index (χ3n) is 5.36. The normalized spacial score (nSPS) is 23.0.